The van der Waals surface area contributed by atoms with Crippen LogP contribution in [0.1, 0.15) is 12.0 Å². The van der Waals surface area contributed by atoms with Gasteiger partial charge in [-0.2, -0.15) is 0 Å². The average Bonchev–Trinajstić information content (AvgIpc) is 3.23. The van der Waals surface area contributed by atoms with E-state index in [0.29, 0.717) is 11.4 Å². The Morgan fingerprint density at radius 3 is 2.63 bits per heavy atom. The number of hydrogen-bond donors (Lipinski definition) is 2. The molecule has 8 heteroatoms. The van der Waals surface area contributed by atoms with Gasteiger partial charge in [0.15, 0.2) is 0 Å². The van der Waals surface area contributed by atoms with E-state index in [2.05, 4.69) is 10.6 Å². The van der Waals surface area contributed by atoms with Crippen LogP contribution in [0.2, 0.25) is 0 Å². The second kappa shape index (κ2) is 7.90. The quantitative estimate of drug-likeness (QED) is 0.616. The number of aryl methyl sites for hydroxylation is 1. The molecule has 4 amide bonds. The molecule has 30 heavy (non-hydrogen) atoms. The van der Waals surface area contributed by atoms with Crippen LogP contribution >= 0.6 is 0 Å². The van der Waals surface area contributed by atoms with Crippen LogP contribution in [0.25, 0.3) is 10.9 Å². The van der Waals surface area contributed by atoms with Crippen molar-refractivity contribution in [2.75, 3.05) is 12.4 Å². The van der Waals surface area contributed by atoms with E-state index in [-0.39, 0.29) is 18.9 Å². The maximum Gasteiger partial charge on any atom is 0.325 e. The zero-order chi connectivity index (χ0) is 21.3. The minimum Gasteiger partial charge on any atom is -0.497 e. The molecule has 0 radical (unpaired) electrons. The first-order valence-corrected chi connectivity index (χ1v) is 9.54. The lowest BCUT2D eigenvalue weighted by atomic mass is 10.1. The summed E-state index contributed by atoms with van der Waals surface area (Å²) in [6.45, 7) is 0.136. The number of benzene rings is 2. The number of imide groups is 1. The number of fused-ring (bicyclic) bond motifs is 1. The zero-order valence-electron chi connectivity index (χ0n) is 16.7. The van der Waals surface area contributed by atoms with E-state index in [9.17, 15) is 14.4 Å². The van der Waals surface area contributed by atoms with Gasteiger partial charge < -0.3 is 19.9 Å². The Kier molecular flexibility index (Phi) is 5.14. The molecule has 1 aliphatic rings. The lowest BCUT2D eigenvalue weighted by molar-refractivity contribution is -0.130. The maximum atomic E-state index is 12.7. The highest BCUT2D eigenvalue weighted by Crippen LogP contribution is 2.21. The zero-order valence-corrected chi connectivity index (χ0v) is 16.7. The highest BCUT2D eigenvalue weighted by Gasteiger charge is 2.39. The predicted molar refractivity (Wildman–Crippen MR) is 112 cm³/mol. The van der Waals surface area contributed by atoms with Crippen molar-refractivity contribution in [1.82, 2.24) is 14.8 Å². The molecule has 1 saturated heterocycles. The van der Waals surface area contributed by atoms with Gasteiger partial charge in [0.25, 0.3) is 5.91 Å². The molecular weight excluding hydrogens is 384 g/mol. The number of rotatable bonds is 6. The number of carbonyl (C=O) groups excluding carboxylic acids is 3. The Hall–Kier alpha value is -3.81. The van der Waals surface area contributed by atoms with Gasteiger partial charge in [-0.1, -0.05) is 18.2 Å². The first kappa shape index (κ1) is 19.5. The third-order valence-electron chi connectivity index (χ3n) is 5.17. The van der Waals surface area contributed by atoms with Crippen molar-refractivity contribution in [2.45, 2.75) is 19.0 Å². The van der Waals surface area contributed by atoms with Crippen molar-refractivity contribution >= 4 is 34.4 Å². The Balaban J connectivity index is 1.39. The van der Waals surface area contributed by atoms with Crippen LogP contribution in [-0.2, 0) is 23.2 Å². The van der Waals surface area contributed by atoms with Crippen molar-refractivity contribution in [1.29, 1.82) is 0 Å². The summed E-state index contributed by atoms with van der Waals surface area (Å²) < 4.78 is 7.07. The molecule has 1 aromatic heterocycles. The second-order valence-electron chi connectivity index (χ2n) is 7.23. The number of anilines is 1. The molecule has 0 aliphatic carbocycles. The SMILES string of the molecule is COc1ccc(CN2C(=O)NC(CC(=O)Nc3ccc4ccn(C)c4c3)C2=O)cc1. The van der Waals surface area contributed by atoms with Crippen LogP contribution in [0, 0.1) is 0 Å². The summed E-state index contributed by atoms with van der Waals surface area (Å²) in [5.41, 5.74) is 2.42. The number of ether oxygens (including phenoxy) is 1. The van der Waals surface area contributed by atoms with Crippen molar-refractivity contribution < 1.29 is 19.1 Å². The second-order valence-corrected chi connectivity index (χ2v) is 7.23. The molecule has 1 unspecified atom stereocenters. The average molecular weight is 406 g/mol. The van der Waals surface area contributed by atoms with Crippen LogP contribution in [0.4, 0.5) is 10.5 Å². The minimum atomic E-state index is -0.880. The lowest BCUT2D eigenvalue weighted by Crippen LogP contribution is -2.34. The molecule has 1 aliphatic heterocycles. The van der Waals surface area contributed by atoms with Crippen molar-refractivity contribution in [3.05, 3.63) is 60.3 Å². The summed E-state index contributed by atoms with van der Waals surface area (Å²) in [6.07, 6.45) is 1.81. The van der Waals surface area contributed by atoms with Crippen molar-refractivity contribution in [2.24, 2.45) is 7.05 Å². The summed E-state index contributed by atoms with van der Waals surface area (Å²) in [6, 6.07) is 13.3. The number of nitrogens with zero attached hydrogens (tertiary/aromatic N) is 2. The molecule has 4 rings (SSSR count). The molecule has 154 valence electrons. The van der Waals surface area contributed by atoms with E-state index in [1.807, 2.05) is 42.1 Å². The Morgan fingerprint density at radius 2 is 1.90 bits per heavy atom. The van der Waals surface area contributed by atoms with Crippen LogP contribution in [0.15, 0.2) is 54.7 Å². The largest absolute Gasteiger partial charge is 0.497 e. The lowest BCUT2D eigenvalue weighted by Gasteiger charge is -2.13. The van der Waals surface area contributed by atoms with Crippen molar-refractivity contribution in [3.63, 3.8) is 0 Å². The monoisotopic (exact) mass is 406 g/mol. The predicted octanol–water partition coefficient (Wildman–Crippen LogP) is 2.64. The van der Waals surface area contributed by atoms with Crippen LogP contribution < -0.4 is 15.4 Å². The van der Waals surface area contributed by atoms with E-state index < -0.39 is 18.0 Å². The number of carbonyl (C=O) groups is 3. The van der Waals surface area contributed by atoms with E-state index in [1.54, 1.807) is 31.4 Å². The Bertz CT molecular complexity index is 1120. The van der Waals surface area contributed by atoms with E-state index in [4.69, 9.17) is 4.74 Å². The summed E-state index contributed by atoms with van der Waals surface area (Å²) in [5.74, 6) is -0.0589. The molecule has 1 atom stereocenters. The molecule has 2 aromatic carbocycles. The van der Waals surface area contributed by atoms with Gasteiger partial charge in [-0.3, -0.25) is 14.5 Å². The van der Waals surface area contributed by atoms with Crippen LogP contribution in [0.3, 0.4) is 0 Å². The fraction of sp³-hybridized carbons (Fsp3) is 0.227. The Morgan fingerprint density at radius 1 is 1.13 bits per heavy atom. The topological polar surface area (TPSA) is 92.7 Å². The molecule has 2 N–H and O–H groups in total. The van der Waals surface area contributed by atoms with Crippen molar-refractivity contribution in [3.8, 4) is 5.75 Å². The molecule has 0 saturated carbocycles. The molecule has 3 aromatic rings. The number of aromatic nitrogens is 1. The van der Waals surface area contributed by atoms with E-state index in [0.717, 1.165) is 21.4 Å². The minimum absolute atomic E-state index is 0.130. The summed E-state index contributed by atoms with van der Waals surface area (Å²) >= 11 is 0. The highest BCUT2D eigenvalue weighted by molar-refractivity contribution is 6.07. The third-order valence-corrected chi connectivity index (χ3v) is 5.17. The third kappa shape index (κ3) is 3.84. The molecule has 2 heterocycles. The fourth-order valence-electron chi connectivity index (χ4n) is 3.52. The standard InChI is InChI=1S/C22H22N4O4/c1-25-10-9-15-5-6-16(11-19(15)25)23-20(27)12-18-21(28)26(22(29)24-18)13-14-3-7-17(30-2)8-4-14/h3-11,18H,12-13H2,1-2H3,(H,23,27)(H,24,29). The molecular formula is C22H22N4O4. The number of amides is 4. The van der Waals surface area contributed by atoms with E-state index in [1.165, 1.54) is 0 Å². The fourth-order valence-corrected chi connectivity index (χ4v) is 3.52. The van der Waals surface area contributed by atoms with Gasteiger partial charge in [-0.15, -0.1) is 0 Å². The normalized spacial score (nSPS) is 16.1. The smallest absolute Gasteiger partial charge is 0.325 e. The summed E-state index contributed by atoms with van der Waals surface area (Å²) in [7, 11) is 3.50. The van der Waals surface area contributed by atoms with Gasteiger partial charge in [-0.05, 0) is 41.3 Å². The number of urea groups is 1. The maximum absolute atomic E-state index is 12.7. The van der Waals surface area contributed by atoms with Gasteiger partial charge in [0.1, 0.15) is 11.8 Å². The van der Waals surface area contributed by atoms with Gasteiger partial charge >= 0.3 is 6.03 Å². The Labute approximate surface area is 173 Å². The first-order chi connectivity index (χ1) is 14.4. The van der Waals surface area contributed by atoms with E-state index >= 15 is 0 Å². The molecule has 0 spiro atoms. The van der Waals surface area contributed by atoms with Crippen LogP contribution in [0.5, 0.6) is 5.75 Å². The highest BCUT2D eigenvalue weighted by atomic mass is 16.5. The first-order valence-electron chi connectivity index (χ1n) is 9.54. The summed E-state index contributed by atoms with van der Waals surface area (Å²) in [5, 5.41) is 6.47. The summed E-state index contributed by atoms with van der Waals surface area (Å²) in [4.78, 5) is 38.5. The van der Waals surface area contributed by atoms with Gasteiger partial charge in [0.2, 0.25) is 5.91 Å². The molecule has 0 bridgehead atoms. The van der Waals surface area contributed by atoms with Gasteiger partial charge in [0.05, 0.1) is 20.1 Å². The van der Waals surface area contributed by atoms with Gasteiger partial charge in [-0.25, -0.2) is 4.79 Å². The number of methoxy groups -OCH3 is 1. The molecule has 8 nitrogen and oxygen atoms in total. The molecule has 1 fully saturated rings. The van der Waals surface area contributed by atoms with Gasteiger partial charge in [0, 0.05) is 24.4 Å². The van der Waals surface area contributed by atoms with Crippen LogP contribution in [-0.4, -0.2) is 40.5 Å². The number of hydrogen-bond acceptors (Lipinski definition) is 4. The number of nitrogens with one attached hydrogen (secondary N) is 2.